The van der Waals surface area contributed by atoms with Gasteiger partial charge in [-0.1, -0.05) is 6.07 Å². The Kier molecular flexibility index (Phi) is 4.52. The number of nitrogens with one attached hydrogen (secondary N) is 1. The Balaban J connectivity index is 2.98. The minimum atomic E-state index is -0.0680. The van der Waals surface area contributed by atoms with Gasteiger partial charge in [0.1, 0.15) is 5.75 Å². The lowest BCUT2D eigenvalue weighted by molar-refractivity contribution is 0.0978. The van der Waals surface area contributed by atoms with Gasteiger partial charge in [0.25, 0.3) is 0 Å². The molecule has 0 bridgehead atoms. The van der Waals surface area contributed by atoms with Gasteiger partial charge in [0.15, 0.2) is 5.78 Å². The molecule has 1 aromatic rings. The Morgan fingerprint density at radius 2 is 1.89 bits per heavy atom. The van der Waals surface area contributed by atoms with Crippen LogP contribution in [0.4, 0.5) is 0 Å². The van der Waals surface area contributed by atoms with E-state index in [2.05, 4.69) is 5.32 Å². The molecular formula is C15H23NO2. The van der Waals surface area contributed by atoms with Gasteiger partial charge in [-0.25, -0.2) is 0 Å². The van der Waals surface area contributed by atoms with Crippen LogP contribution in [0.15, 0.2) is 12.1 Å². The van der Waals surface area contributed by atoms with Crippen molar-refractivity contribution in [3.8, 4) is 5.75 Å². The molecule has 0 aliphatic rings. The van der Waals surface area contributed by atoms with E-state index in [1.165, 1.54) is 0 Å². The van der Waals surface area contributed by atoms with Crippen LogP contribution in [0, 0.1) is 13.8 Å². The first kappa shape index (κ1) is 14.7. The molecule has 1 aromatic carbocycles. The zero-order chi connectivity index (χ0) is 13.9. The van der Waals surface area contributed by atoms with Gasteiger partial charge in [0.2, 0.25) is 0 Å². The molecule has 1 rings (SSSR count). The highest BCUT2D eigenvalue weighted by molar-refractivity contribution is 6.01. The highest BCUT2D eigenvalue weighted by atomic mass is 16.5. The molecule has 3 heteroatoms. The summed E-state index contributed by atoms with van der Waals surface area (Å²) >= 11 is 0. The zero-order valence-electron chi connectivity index (χ0n) is 12.2. The summed E-state index contributed by atoms with van der Waals surface area (Å²) < 4.78 is 5.31. The van der Waals surface area contributed by atoms with E-state index in [1.54, 1.807) is 7.11 Å². The summed E-state index contributed by atoms with van der Waals surface area (Å²) in [6, 6.07) is 3.91. The number of hydrogen-bond acceptors (Lipinski definition) is 3. The van der Waals surface area contributed by atoms with E-state index in [-0.39, 0.29) is 11.3 Å². The van der Waals surface area contributed by atoms with Gasteiger partial charge in [-0.3, -0.25) is 4.79 Å². The predicted octanol–water partition coefficient (Wildman–Crippen LogP) is 2.88. The molecule has 1 N–H and O–H groups in total. The van der Waals surface area contributed by atoms with E-state index >= 15 is 0 Å². The third-order valence-electron chi connectivity index (χ3n) is 2.72. The fraction of sp³-hybridized carbons (Fsp3) is 0.533. The van der Waals surface area contributed by atoms with Gasteiger partial charge in [0.05, 0.1) is 19.2 Å². The second-order valence-electron chi connectivity index (χ2n) is 5.69. The molecule has 0 heterocycles. The van der Waals surface area contributed by atoms with Crippen molar-refractivity contribution in [2.45, 2.75) is 40.2 Å². The molecule has 100 valence electrons. The number of aryl methyl sites for hydroxylation is 2. The molecule has 3 nitrogen and oxygen atoms in total. The van der Waals surface area contributed by atoms with Crippen molar-refractivity contribution in [1.82, 2.24) is 5.32 Å². The number of hydrogen-bond donors (Lipinski definition) is 1. The molecule has 0 saturated heterocycles. The summed E-state index contributed by atoms with van der Waals surface area (Å²) in [6.45, 7) is 10.4. The topological polar surface area (TPSA) is 38.3 Å². The number of methoxy groups -OCH3 is 1. The molecule has 0 aliphatic carbocycles. The Morgan fingerprint density at radius 1 is 1.28 bits per heavy atom. The van der Waals surface area contributed by atoms with Crippen molar-refractivity contribution < 1.29 is 9.53 Å². The van der Waals surface area contributed by atoms with Gasteiger partial charge in [0, 0.05) is 5.54 Å². The number of ketones is 1. The summed E-state index contributed by atoms with van der Waals surface area (Å²) in [5, 5.41) is 3.21. The third-order valence-corrected chi connectivity index (χ3v) is 2.72. The summed E-state index contributed by atoms with van der Waals surface area (Å²) in [5.74, 6) is 0.729. The van der Waals surface area contributed by atoms with Crippen LogP contribution in [0.3, 0.4) is 0 Å². The Bertz CT molecular complexity index is 445. The molecule has 0 fully saturated rings. The summed E-state index contributed by atoms with van der Waals surface area (Å²) in [6.07, 6.45) is 0. The minimum Gasteiger partial charge on any atom is -0.496 e. The van der Waals surface area contributed by atoms with E-state index in [4.69, 9.17) is 4.74 Å². The summed E-state index contributed by atoms with van der Waals surface area (Å²) in [5.41, 5.74) is 2.68. The number of ether oxygens (including phenoxy) is 1. The Hall–Kier alpha value is -1.35. The van der Waals surface area contributed by atoms with Crippen molar-refractivity contribution in [1.29, 1.82) is 0 Å². The molecule has 0 aliphatic heterocycles. The van der Waals surface area contributed by atoms with E-state index in [0.717, 1.165) is 11.1 Å². The average molecular weight is 249 g/mol. The molecule has 18 heavy (non-hydrogen) atoms. The maximum absolute atomic E-state index is 12.3. The first-order valence-electron chi connectivity index (χ1n) is 6.18. The van der Waals surface area contributed by atoms with Gasteiger partial charge in [-0.2, -0.15) is 0 Å². The fourth-order valence-electron chi connectivity index (χ4n) is 1.88. The van der Waals surface area contributed by atoms with Crippen molar-refractivity contribution in [2.24, 2.45) is 0 Å². The standard InChI is InChI=1S/C15H23NO2/c1-10-7-11(2)14(13(8-10)18-6)12(17)9-16-15(3,4)5/h7-8,16H,9H2,1-6H3. The highest BCUT2D eigenvalue weighted by Gasteiger charge is 2.18. The van der Waals surface area contributed by atoms with E-state index in [0.29, 0.717) is 17.9 Å². The summed E-state index contributed by atoms with van der Waals surface area (Å²) in [7, 11) is 1.60. The summed E-state index contributed by atoms with van der Waals surface area (Å²) in [4.78, 5) is 12.3. The third kappa shape index (κ3) is 3.84. The second kappa shape index (κ2) is 5.53. The molecule has 0 aromatic heterocycles. The quantitative estimate of drug-likeness (QED) is 0.834. The van der Waals surface area contributed by atoms with Crippen molar-refractivity contribution >= 4 is 5.78 Å². The van der Waals surface area contributed by atoms with Gasteiger partial charge < -0.3 is 10.1 Å². The minimum absolute atomic E-state index is 0.0680. The number of rotatable bonds is 4. The van der Waals surface area contributed by atoms with Gasteiger partial charge in [-0.05, 0) is 51.8 Å². The van der Waals surface area contributed by atoms with Crippen molar-refractivity contribution in [2.75, 3.05) is 13.7 Å². The van der Waals surface area contributed by atoms with Crippen LogP contribution in [-0.2, 0) is 0 Å². The van der Waals surface area contributed by atoms with Crippen LogP contribution in [-0.4, -0.2) is 25.0 Å². The predicted molar refractivity (Wildman–Crippen MR) is 74.6 cm³/mol. The second-order valence-corrected chi connectivity index (χ2v) is 5.69. The maximum atomic E-state index is 12.3. The lowest BCUT2D eigenvalue weighted by Crippen LogP contribution is -2.39. The lowest BCUT2D eigenvalue weighted by atomic mass is 10.00. The van der Waals surface area contributed by atoms with Crippen LogP contribution >= 0.6 is 0 Å². The molecule has 0 amide bonds. The lowest BCUT2D eigenvalue weighted by Gasteiger charge is -2.20. The van der Waals surface area contributed by atoms with Gasteiger partial charge in [-0.15, -0.1) is 0 Å². The molecule has 0 unspecified atom stereocenters. The van der Waals surface area contributed by atoms with Crippen molar-refractivity contribution in [3.63, 3.8) is 0 Å². The molecule has 0 radical (unpaired) electrons. The highest BCUT2D eigenvalue weighted by Crippen LogP contribution is 2.24. The van der Waals surface area contributed by atoms with E-state index < -0.39 is 0 Å². The van der Waals surface area contributed by atoms with Gasteiger partial charge >= 0.3 is 0 Å². The number of carbonyl (C=O) groups excluding carboxylic acids is 1. The largest absolute Gasteiger partial charge is 0.496 e. The number of benzene rings is 1. The SMILES string of the molecule is COc1cc(C)cc(C)c1C(=O)CNC(C)(C)C. The van der Waals surface area contributed by atoms with Crippen LogP contribution in [0.5, 0.6) is 5.75 Å². The van der Waals surface area contributed by atoms with E-state index in [1.807, 2.05) is 46.8 Å². The van der Waals surface area contributed by atoms with Crippen LogP contribution in [0.1, 0.15) is 42.3 Å². The smallest absolute Gasteiger partial charge is 0.180 e. The molecule has 0 saturated carbocycles. The molecular weight excluding hydrogens is 226 g/mol. The van der Waals surface area contributed by atoms with Crippen molar-refractivity contribution in [3.05, 3.63) is 28.8 Å². The first-order chi connectivity index (χ1) is 8.24. The maximum Gasteiger partial charge on any atom is 0.180 e. The Labute approximate surface area is 110 Å². The van der Waals surface area contributed by atoms with Crippen LogP contribution in [0.25, 0.3) is 0 Å². The van der Waals surface area contributed by atoms with Crippen LogP contribution in [0.2, 0.25) is 0 Å². The van der Waals surface area contributed by atoms with E-state index in [9.17, 15) is 4.79 Å². The average Bonchev–Trinajstić information content (AvgIpc) is 2.23. The normalized spacial score (nSPS) is 11.4. The first-order valence-corrected chi connectivity index (χ1v) is 6.18. The Morgan fingerprint density at radius 3 is 2.39 bits per heavy atom. The number of carbonyl (C=O) groups is 1. The fourth-order valence-corrected chi connectivity index (χ4v) is 1.88. The molecule has 0 atom stereocenters. The van der Waals surface area contributed by atoms with Crippen LogP contribution < -0.4 is 10.1 Å². The monoisotopic (exact) mass is 249 g/mol. The zero-order valence-corrected chi connectivity index (χ0v) is 12.2. The molecule has 0 spiro atoms. The number of Topliss-reactive ketones (excluding diaryl/α,β-unsaturated/α-hetero) is 1.